The lowest BCUT2D eigenvalue weighted by Crippen LogP contribution is -2.17. The summed E-state index contributed by atoms with van der Waals surface area (Å²) in [6.07, 6.45) is 0. The standard InChI is InChI=1S/C15H17NO/c1-11-13(15(2,3)17)9-10-14(16-11)12-7-5-4-6-8-12/h4-10,17H,1-3H3. The molecule has 2 aromatic rings. The van der Waals surface area contributed by atoms with E-state index in [0.29, 0.717) is 0 Å². The maximum atomic E-state index is 9.99. The largest absolute Gasteiger partial charge is 0.386 e. The number of benzene rings is 1. The van der Waals surface area contributed by atoms with Crippen LogP contribution in [0.2, 0.25) is 0 Å². The molecule has 0 unspecified atom stereocenters. The molecule has 0 saturated carbocycles. The van der Waals surface area contributed by atoms with Crippen LogP contribution in [0.3, 0.4) is 0 Å². The Morgan fingerprint density at radius 1 is 1.00 bits per heavy atom. The van der Waals surface area contributed by atoms with Gasteiger partial charge in [-0.05, 0) is 26.8 Å². The van der Waals surface area contributed by atoms with E-state index >= 15 is 0 Å². The molecule has 17 heavy (non-hydrogen) atoms. The van der Waals surface area contributed by atoms with Crippen LogP contribution in [0, 0.1) is 6.92 Å². The minimum absolute atomic E-state index is 0.841. The second kappa shape index (κ2) is 4.30. The SMILES string of the molecule is Cc1nc(-c2ccccc2)ccc1C(C)(C)O. The molecule has 0 atom stereocenters. The highest BCUT2D eigenvalue weighted by Crippen LogP contribution is 2.25. The van der Waals surface area contributed by atoms with Gasteiger partial charge >= 0.3 is 0 Å². The molecule has 1 heterocycles. The Balaban J connectivity index is 2.45. The van der Waals surface area contributed by atoms with Gasteiger partial charge in [0.25, 0.3) is 0 Å². The number of aromatic nitrogens is 1. The van der Waals surface area contributed by atoms with Gasteiger partial charge in [-0.25, -0.2) is 0 Å². The summed E-state index contributed by atoms with van der Waals surface area (Å²) in [6.45, 7) is 5.48. The predicted octanol–water partition coefficient (Wildman–Crippen LogP) is 3.28. The number of aryl methyl sites for hydroxylation is 1. The summed E-state index contributed by atoms with van der Waals surface area (Å²) in [5.74, 6) is 0. The molecule has 0 bridgehead atoms. The van der Waals surface area contributed by atoms with E-state index in [9.17, 15) is 5.11 Å². The van der Waals surface area contributed by atoms with Crippen molar-refractivity contribution in [3.05, 3.63) is 53.7 Å². The molecule has 1 aromatic carbocycles. The first-order chi connectivity index (χ1) is 7.98. The lowest BCUT2D eigenvalue weighted by molar-refractivity contribution is 0.0775. The van der Waals surface area contributed by atoms with Crippen LogP contribution < -0.4 is 0 Å². The Labute approximate surface area is 102 Å². The maximum Gasteiger partial charge on any atom is 0.0857 e. The number of pyridine rings is 1. The van der Waals surface area contributed by atoms with Gasteiger partial charge in [-0.15, -0.1) is 0 Å². The van der Waals surface area contributed by atoms with Gasteiger partial charge in [0.15, 0.2) is 0 Å². The lowest BCUT2D eigenvalue weighted by atomic mass is 9.96. The highest BCUT2D eigenvalue weighted by Gasteiger charge is 2.19. The van der Waals surface area contributed by atoms with Crippen LogP contribution in [0.1, 0.15) is 25.1 Å². The summed E-state index contributed by atoms with van der Waals surface area (Å²) in [5, 5.41) is 9.99. The van der Waals surface area contributed by atoms with E-state index in [-0.39, 0.29) is 0 Å². The molecule has 0 saturated heterocycles. The Hall–Kier alpha value is -1.67. The molecule has 0 amide bonds. The fraction of sp³-hybridized carbons (Fsp3) is 0.267. The van der Waals surface area contributed by atoms with E-state index in [1.54, 1.807) is 13.8 Å². The van der Waals surface area contributed by atoms with Crippen molar-refractivity contribution < 1.29 is 5.11 Å². The van der Waals surface area contributed by atoms with Crippen molar-refractivity contribution >= 4 is 0 Å². The Morgan fingerprint density at radius 3 is 2.18 bits per heavy atom. The first-order valence-corrected chi connectivity index (χ1v) is 5.74. The zero-order valence-corrected chi connectivity index (χ0v) is 10.4. The molecule has 0 aliphatic carbocycles. The van der Waals surface area contributed by atoms with Crippen LogP contribution in [0.25, 0.3) is 11.3 Å². The van der Waals surface area contributed by atoms with Crippen molar-refractivity contribution in [3.8, 4) is 11.3 Å². The van der Waals surface area contributed by atoms with Gasteiger partial charge in [-0.2, -0.15) is 0 Å². The summed E-state index contributed by atoms with van der Waals surface area (Å²) in [4.78, 5) is 4.55. The van der Waals surface area contributed by atoms with Crippen molar-refractivity contribution in [1.82, 2.24) is 4.98 Å². The van der Waals surface area contributed by atoms with E-state index < -0.39 is 5.60 Å². The van der Waals surface area contributed by atoms with Crippen LogP contribution in [0.4, 0.5) is 0 Å². The van der Waals surface area contributed by atoms with Gasteiger partial charge in [0.2, 0.25) is 0 Å². The molecule has 0 radical (unpaired) electrons. The first kappa shape index (κ1) is 11.8. The quantitative estimate of drug-likeness (QED) is 0.854. The molecule has 88 valence electrons. The molecule has 0 spiro atoms. The van der Waals surface area contributed by atoms with Gasteiger partial charge in [0.1, 0.15) is 0 Å². The summed E-state index contributed by atoms with van der Waals surface area (Å²) >= 11 is 0. The highest BCUT2D eigenvalue weighted by atomic mass is 16.3. The minimum atomic E-state index is -0.841. The smallest absolute Gasteiger partial charge is 0.0857 e. The zero-order chi connectivity index (χ0) is 12.5. The number of nitrogens with zero attached hydrogens (tertiary/aromatic N) is 1. The lowest BCUT2D eigenvalue weighted by Gasteiger charge is -2.20. The second-order valence-electron chi connectivity index (χ2n) is 4.75. The monoisotopic (exact) mass is 227 g/mol. The maximum absolute atomic E-state index is 9.99. The molecule has 2 heteroatoms. The van der Waals surface area contributed by atoms with Crippen molar-refractivity contribution in [3.63, 3.8) is 0 Å². The summed E-state index contributed by atoms with van der Waals surface area (Å²) in [5.41, 5.74) is 2.94. The third-order valence-corrected chi connectivity index (χ3v) is 2.81. The van der Waals surface area contributed by atoms with E-state index in [1.807, 2.05) is 49.4 Å². The molecule has 2 nitrogen and oxygen atoms in total. The topological polar surface area (TPSA) is 33.1 Å². The van der Waals surface area contributed by atoms with Gasteiger partial charge in [-0.3, -0.25) is 4.98 Å². The van der Waals surface area contributed by atoms with Gasteiger partial charge in [0.05, 0.1) is 11.3 Å². The molecule has 0 aliphatic rings. The first-order valence-electron chi connectivity index (χ1n) is 5.74. The average Bonchev–Trinajstić information content (AvgIpc) is 2.28. The predicted molar refractivity (Wildman–Crippen MR) is 69.7 cm³/mol. The zero-order valence-electron chi connectivity index (χ0n) is 10.4. The van der Waals surface area contributed by atoms with E-state index in [2.05, 4.69) is 4.98 Å². The Bertz CT molecular complexity index is 512. The average molecular weight is 227 g/mol. The van der Waals surface area contributed by atoms with Gasteiger partial charge in [0, 0.05) is 16.8 Å². The molecule has 2 rings (SSSR count). The third-order valence-electron chi connectivity index (χ3n) is 2.81. The Morgan fingerprint density at radius 2 is 1.65 bits per heavy atom. The van der Waals surface area contributed by atoms with Crippen LogP contribution >= 0.6 is 0 Å². The molecule has 0 aliphatic heterocycles. The van der Waals surface area contributed by atoms with Gasteiger partial charge in [-0.1, -0.05) is 36.4 Å². The molecular formula is C15H17NO. The summed E-state index contributed by atoms with van der Waals surface area (Å²) in [7, 11) is 0. The highest BCUT2D eigenvalue weighted by molar-refractivity contribution is 5.59. The fourth-order valence-corrected chi connectivity index (χ4v) is 1.98. The summed E-state index contributed by atoms with van der Waals surface area (Å²) < 4.78 is 0. The number of aliphatic hydroxyl groups is 1. The molecule has 0 fully saturated rings. The number of hydrogen-bond donors (Lipinski definition) is 1. The normalized spacial score (nSPS) is 11.5. The fourth-order valence-electron chi connectivity index (χ4n) is 1.98. The van der Waals surface area contributed by atoms with Gasteiger partial charge < -0.3 is 5.11 Å². The second-order valence-corrected chi connectivity index (χ2v) is 4.75. The minimum Gasteiger partial charge on any atom is -0.386 e. The van der Waals surface area contributed by atoms with Crippen molar-refractivity contribution in [2.75, 3.05) is 0 Å². The van der Waals surface area contributed by atoms with E-state index in [0.717, 1.165) is 22.5 Å². The van der Waals surface area contributed by atoms with Crippen molar-refractivity contribution in [2.24, 2.45) is 0 Å². The third kappa shape index (κ3) is 2.53. The van der Waals surface area contributed by atoms with Crippen LogP contribution in [-0.2, 0) is 5.60 Å². The van der Waals surface area contributed by atoms with Crippen LogP contribution in [0.5, 0.6) is 0 Å². The van der Waals surface area contributed by atoms with Crippen molar-refractivity contribution in [2.45, 2.75) is 26.4 Å². The van der Waals surface area contributed by atoms with Crippen LogP contribution in [0.15, 0.2) is 42.5 Å². The van der Waals surface area contributed by atoms with Crippen LogP contribution in [-0.4, -0.2) is 10.1 Å². The van der Waals surface area contributed by atoms with E-state index in [4.69, 9.17) is 0 Å². The molecule has 1 aromatic heterocycles. The number of hydrogen-bond acceptors (Lipinski definition) is 2. The molecule has 1 N–H and O–H groups in total. The molecular weight excluding hydrogens is 210 g/mol. The number of rotatable bonds is 2. The van der Waals surface area contributed by atoms with E-state index in [1.165, 1.54) is 0 Å². The Kier molecular flexibility index (Phi) is 2.99. The summed E-state index contributed by atoms with van der Waals surface area (Å²) in [6, 6.07) is 13.9. The van der Waals surface area contributed by atoms with Crippen molar-refractivity contribution in [1.29, 1.82) is 0 Å².